The van der Waals surface area contributed by atoms with Crippen LogP contribution in [-0.4, -0.2) is 18.8 Å². The van der Waals surface area contributed by atoms with E-state index in [1.807, 2.05) is 0 Å². The van der Waals surface area contributed by atoms with E-state index in [2.05, 4.69) is 34.7 Å². The van der Waals surface area contributed by atoms with E-state index in [9.17, 15) is 0 Å². The first-order chi connectivity index (χ1) is 5.43. The lowest BCUT2D eigenvalue weighted by Crippen LogP contribution is -2.07. The molecule has 1 rings (SSSR count). The van der Waals surface area contributed by atoms with Crippen LogP contribution in [0.5, 0.6) is 0 Å². The Bertz CT molecular complexity index is 163. The predicted octanol–water partition coefficient (Wildman–Crippen LogP) is 1.60. The number of allylic oxidation sites excluding steroid dienone is 2. The lowest BCUT2D eigenvalue weighted by molar-refractivity contribution is 0.860. The van der Waals surface area contributed by atoms with Gasteiger partial charge in [0.25, 0.3) is 0 Å². The summed E-state index contributed by atoms with van der Waals surface area (Å²) in [6.07, 6.45) is 7.93. The number of aliphatic imine (C=N–C) groups is 1. The third kappa shape index (κ3) is 3.58. The van der Waals surface area contributed by atoms with Crippen molar-refractivity contribution in [2.45, 2.75) is 19.3 Å². The van der Waals surface area contributed by atoms with Gasteiger partial charge < -0.3 is 0 Å². The molecule has 0 aromatic rings. The molecule has 0 radical (unpaired) electrons. The molecule has 0 aromatic carbocycles. The summed E-state index contributed by atoms with van der Waals surface area (Å²) in [5.41, 5.74) is 1.24. The maximum Gasteiger partial charge on any atom is 0.0526 e. The molecular formula is C8H14N2S. The van der Waals surface area contributed by atoms with Crippen molar-refractivity contribution in [1.82, 2.24) is 4.72 Å². The van der Waals surface area contributed by atoms with Crippen molar-refractivity contribution < 1.29 is 0 Å². The van der Waals surface area contributed by atoms with Gasteiger partial charge >= 0.3 is 0 Å². The molecule has 11 heavy (non-hydrogen) atoms. The first kappa shape index (κ1) is 8.81. The zero-order chi connectivity index (χ0) is 7.94. The fourth-order valence-corrected chi connectivity index (χ4v) is 1.19. The molecule has 3 heteroatoms. The van der Waals surface area contributed by atoms with Crippen LogP contribution in [-0.2, 0) is 0 Å². The fourth-order valence-electron chi connectivity index (χ4n) is 1.09. The largest absolute Gasteiger partial charge is 0.288 e. The summed E-state index contributed by atoms with van der Waals surface area (Å²) < 4.78 is 2.77. The van der Waals surface area contributed by atoms with Gasteiger partial charge in [-0.1, -0.05) is 18.9 Å². The average Bonchev–Trinajstić information content (AvgIpc) is 2.07. The molecule has 0 atom stereocenters. The first-order valence-corrected chi connectivity index (χ1v) is 4.45. The second kappa shape index (κ2) is 5.38. The Labute approximate surface area is 73.3 Å². The Balaban J connectivity index is 2.26. The van der Waals surface area contributed by atoms with E-state index in [-0.39, 0.29) is 0 Å². The van der Waals surface area contributed by atoms with Crippen LogP contribution in [0.2, 0.25) is 0 Å². The van der Waals surface area contributed by atoms with Gasteiger partial charge in [-0.05, 0) is 25.3 Å². The molecule has 0 heterocycles. The normalized spacial score (nSPS) is 21.0. The van der Waals surface area contributed by atoms with Gasteiger partial charge in [-0.15, -0.1) is 0 Å². The molecular weight excluding hydrogens is 156 g/mol. The summed E-state index contributed by atoms with van der Waals surface area (Å²) in [4.78, 5) is 4.39. The van der Waals surface area contributed by atoms with Crippen LogP contribution in [0.25, 0.3) is 0 Å². The van der Waals surface area contributed by atoms with E-state index in [0.717, 1.165) is 19.5 Å². The van der Waals surface area contributed by atoms with Crippen molar-refractivity contribution in [2.24, 2.45) is 4.99 Å². The van der Waals surface area contributed by atoms with Gasteiger partial charge in [0.15, 0.2) is 0 Å². The van der Waals surface area contributed by atoms with Crippen LogP contribution in [0.1, 0.15) is 19.3 Å². The quantitative estimate of drug-likeness (QED) is 0.488. The molecule has 62 valence electrons. The standard InChI is InChI=1S/C8H14N2S/c11-10-7-6-9-8-4-2-1-3-5-8/h2,4,10-11H,1,3,5-7H2. The summed E-state index contributed by atoms with van der Waals surface area (Å²) >= 11 is 3.88. The summed E-state index contributed by atoms with van der Waals surface area (Å²) in [5.74, 6) is 0. The van der Waals surface area contributed by atoms with E-state index < -0.39 is 0 Å². The maximum atomic E-state index is 4.39. The number of nitrogens with zero attached hydrogens (tertiary/aromatic N) is 1. The topological polar surface area (TPSA) is 24.4 Å². The third-order valence-electron chi connectivity index (χ3n) is 1.65. The number of hydrogen-bond donors (Lipinski definition) is 2. The lowest BCUT2D eigenvalue weighted by Gasteiger charge is -2.05. The van der Waals surface area contributed by atoms with E-state index in [1.54, 1.807) is 0 Å². The summed E-state index contributed by atoms with van der Waals surface area (Å²) in [6.45, 7) is 1.68. The SMILES string of the molecule is SNCCN=C1C=CCCC1. The van der Waals surface area contributed by atoms with Gasteiger partial charge in [0.2, 0.25) is 0 Å². The van der Waals surface area contributed by atoms with Gasteiger partial charge in [-0.3, -0.25) is 9.71 Å². The van der Waals surface area contributed by atoms with Crippen LogP contribution in [0, 0.1) is 0 Å². The first-order valence-electron chi connectivity index (χ1n) is 4.00. The minimum Gasteiger partial charge on any atom is -0.288 e. The lowest BCUT2D eigenvalue weighted by atomic mass is 10.1. The fraction of sp³-hybridized carbons (Fsp3) is 0.625. The smallest absolute Gasteiger partial charge is 0.0526 e. The number of nitrogens with one attached hydrogen (secondary N) is 1. The highest BCUT2D eigenvalue weighted by atomic mass is 32.1. The predicted molar refractivity (Wildman–Crippen MR) is 52.3 cm³/mol. The summed E-state index contributed by atoms with van der Waals surface area (Å²) in [5, 5.41) is 0. The van der Waals surface area contributed by atoms with Crippen LogP contribution < -0.4 is 4.72 Å². The van der Waals surface area contributed by atoms with Crippen molar-refractivity contribution >= 4 is 18.5 Å². The second-order valence-electron chi connectivity index (χ2n) is 2.58. The summed E-state index contributed by atoms with van der Waals surface area (Å²) in [7, 11) is 0. The van der Waals surface area contributed by atoms with Gasteiger partial charge in [-0.2, -0.15) is 0 Å². The molecule has 1 N–H and O–H groups in total. The molecule has 1 aliphatic rings. The molecule has 0 saturated heterocycles. The Morgan fingerprint density at radius 1 is 1.64 bits per heavy atom. The average molecular weight is 170 g/mol. The van der Waals surface area contributed by atoms with Crippen molar-refractivity contribution in [3.63, 3.8) is 0 Å². The minimum atomic E-state index is 0.836. The van der Waals surface area contributed by atoms with E-state index in [0.29, 0.717) is 0 Å². The third-order valence-corrected chi connectivity index (χ3v) is 1.88. The van der Waals surface area contributed by atoms with E-state index >= 15 is 0 Å². The number of hydrogen-bond acceptors (Lipinski definition) is 3. The molecule has 0 amide bonds. The highest BCUT2D eigenvalue weighted by Crippen LogP contribution is 2.06. The molecule has 2 nitrogen and oxygen atoms in total. The van der Waals surface area contributed by atoms with E-state index in [1.165, 1.54) is 18.6 Å². The zero-order valence-electron chi connectivity index (χ0n) is 6.58. The molecule has 0 bridgehead atoms. The van der Waals surface area contributed by atoms with Gasteiger partial charge in [0.05, 0.1) is 6.54 Å². The Morgan fingerprint density at radius 2 is 2.55 bits per heavy atom. The molecule has 0 aromatic heterocycles. The number of rotatable bonds is 3. The molecule has 0 unspecified atom stereocenters. The maximum absolute atomic E-state index is 4.39. The minimum absolute atomic E-state index is 0.836. The Morgan fingerprint density at radius 3 is 3.18 bits per heavy atom. The molecule has 0 aliphatic heterocycles. The number of thiol groups is 1. The highest BCUT2D eigenvalue weighted by molar-refractivity contribution is 7.78. The van der Waals surface area contributed by atoms with Crippen molar-refractivity contribution in [3.8, 4) is 0 Å². The highest BCUT2D eigenvalue weighted by Gasteiger charge is 1.98. The van der Waals surface area contributed by atoms with Crippen LogP contribution in [0.4, 0.5) is 0 Å². The molecule has 0 saturated carbocycles. The van der Waals surface area contributed by atoms with Crippen LogP contribution in [0.15, 0.2) is 17.1 Å². The Hall–Kier alpha value is -0.280. The van der Waals surface area contributed by atoms with Crippen molar-refractivity contribution in [3.05, 3.63) is 12.2 Å². The molecule has 1 aliphatic carbocycles. The molecule has 0 fully saturated rings. The Kier molecular flexibility index (Phi) is 4.31. The van der Waals surface area contributed by atoms with Crippen LogP contribution >= 0.6 is 12.8 Å². The van der Waals surface area contributed by atoms with Gasteiger partial charge in [-0.25, -0.2) is 0 Å². The zero-order valence-corrected chi connectivity index (χ0v) is 7.48. The molecule has 0 spiro atoms. The van der Waals surface area contributed by atoms with Gasteiger partial charge in [0, 0.05) is 12.3 Å². The van der Waals surface area contributed by atoms with Crippen LogP contribution in [0.3, 0.4) is 0 Å². The summed E-state index contributed by atoms with van der Waals surface area (Å²) in [6, 6.07) is 0. The second-order valence-corrected chi connectivity index (χ2v) is 2.89. The van der Waals surface area contributed by atoms with Crippen molar-refractivity contribution in [1.29, 1.82) is 0 Å². The monoisotopic (exact) mass is 170 g/mol. The van der Waals surface area contributed by atoms with Gasteiger partial charge in [0.1, 0.15) is 0 Å². The van der Waals surface area contributed by atoms with E-state index in [4.69, 9.17) is 0 Å². The van der Waals surface area contributed by atoms with Crippen molar-refractivity contribution in [2.75, 3.05) is 13.1 Å².